The highest BCUT2D eigenvalue weighted by Crippen LogP contribution is 2.20. The predicted molar refractivity (Wildman–Crippen MR) is 72.8 cm³/mol. The smallest absolute Gasteiger partial charge is 0.322 e. The molecule has 0 spiro atoms. The summed E-state index contributed by atoms with van der Waals surface area (Å²) in [5.41, 5.74) is 0. The minimum atomic E-state index is 0.333. The number of nitrogens with one attached hydrogen (secondary N) is 1. The molecule has 2 heterocycles. The van der Waals surface area contributed by atoms with E-state index in [0.717, 1.165) is 32.6 Å². The van der Waals surface area contributed by atoms with Crippen LogP contribution in [0.1, 0.15) is 19.8 Å². The van der Waals surface area contributed by atoms with Crippen molar-refractivity contribution in [2.75, 3.05) is 44.1 Å². The molecule has 1 aromatic heterocycles. The number of rotatable bonds is 5. The maximum absolute atomic E-state index is 5.38. The Hall–Kier alpha value is -1.63. The van der Waals surface area contributed by atoms with E-state index in [1.165, 1.54) is 0 Å². The van der Waals surface area contributed by atoms with Crippen molar-refractivity contribution in [1.82, 2.24) is 15.0 Å². The van der Waals surface area contributed by atoms with Crippen molar-refractivity contribution in [1.29, 1.82) is 0 Å². The second-order valence-electron chi connectivity index (χ2n) is 4.43. The van der Waals surface area contributed by atoms with Crippen molar-refractivity contribution < 1.29 is 9.47 Å². The van der Waals surface area contributed by atoms with Crippen LogP contribution in [0.2, 0.25) is 0 Å². The first kappa shape index (κ1) is 13.8. The van der Waals surface area contributed by atoms with Crippen LogP contribution in [-0.2, 0) is 4.74 Å². The fraction of sp³-hybridized carbons (Fsp3) is 0.750. The lowest BCUT2D eigenvalue weighted by molar-refractivity contribution is 0.0852. The van der Waals surface area contributed by atoms with Gasteiger partial charge in [-0.3, -0.25) is 0 Å². The van der Waals surface area contributed by atoms with Crippen molar-refractivity contribution in [3.05, 3.63) is 0 Å². The molecule has 1 aromatic rings. The largest absolute Gasteiger partial charge is 0.467 e. The molecule has 1 fully saturated rings. The van der Waals surface area contributed by atoms with Gasteiger partial charge in [-0.2, -0.15) is 15.0 Å². The highest BCUT2D eigenvalue weighted by atomic mass is 16.5. The van der Waals surface area contributed by atoms with Crippen LogP contribution in [0.4, 0.5) is 11.9 Å². The van der Waals surface area contributed by atoms with Crippen LogP contribution in [0.25, 0.3) is 0 Å². The summed E-state index contributed by atoms with van der Waals surface area (Å²) in [6.45, 7) is 4.33. The molecule has 0 atom stereocenters. The Bertz CT molecular complexity index is 409. The van der Waals surface area contributed by atoms with E-state index in [9.17, 15) is 0 Å². The third-order valence-corrected chi connectivity index (χ3v) is 3.17. The van der Waals surface area contributed by atoms with Gasteiger partial charge in [0.1, 0.15) is 0 Å². The summed E-state index contributed by atoms with van der Waals surface area (Å²) in [5, 5.41) is 3.09. The van der Waals surface area contributed by atoms with E-state index in [-0.39, 0.29) is 0 Å². The monoisotopic (exact) mass is 267 g/mol. The molecule has 0 amide bonds. The number of ether oxygens (including phenoxy) is 2. The molecule has 19 heavy (non-hydrogen) atoms. The molecule has 0 radical (unpaired) electrons. The van der Waals surface area contributed by atoms with Crippen LogP contribution >= 0.6 is 0 Å². The topological polar surface area (TPSA) is 72.4 Å². The van der Waals surface area contributed by atoms with Crippen LogP contribution in [0.15, 0.2) is 0 Å². The summed E-state index contributed by atoms with van der Waals surface area (Å²) < 4.78 is 10.5. The maximum atomic E-state index is 5.38. The lowest BCUT2D eigenvalue weighted by Gasteiger charge is -2.31. The minimum absolute atomic E-state index is 0.333. The molecule has 1 saturated heterocycles. The van der Waals surface area contributed by atoms with Gasteiger partial charge in [0.2, 0.25) is 11.9 Å². The van der Waals surface area contributed by atoms with Gasteiger partial charge in [0.15, 0.2) is 0 Å². The summed E-state index contributed by atoms with van der Waals surface area (Å²) in [6, 6.07) is 0.732. The quantitative estimate of drug-likeness (QED) is 0.850. The van der Waals surface area contributed by atoms with Gasteiger partial charge < -0.3 is 19.7 Å². The molecule has 106 valence electrons. The summed E-state index contributed by atoms with van der Waals surface area (Å²) in [4.78, 5) is 15.0. The van der Waals surface area contributed by atoms with E-state index in [1.54, 1.807) is 7.11 Å². The molecular weight excluding hydrogens is 246 g/mol. The molecule has 0 bridgehead atoms. The highest BCUT2D eigenvalue weighted by Gasteiger charge is 2.21. The molecule has 0 aliphatic carbocycles. The zero-order valence-corrected chi connectivity index (χ0v) is 11.7. The molecule has 1 aliphatic rings. The molecular formula is C12H21N5O2. The van der Waals surface area contributed by atoms with Crippen molar-refractivity contribution >= 4 is 11.9 Å². The van der Waals surface area contributed by atoms with Gasteiger partial charge in [0.05, 0.1) is 7.11 Å². The van der Waals surface area contributed by atoms with Crippen LogP contribution in [0.5, 0.6) is 6.01 Å². The van der Waals surface area contributed by atoms with E-state index in [2.05, 4.69) is 25.2 Å². The normalized spacial score (nSPS) is 16.2. The Morgan fingerprint density at radius 3 is 2.68 bits per heavy atom. The number of methoxy groups -OCH3 is 1. The second kappa shape index (κ2) is 6.51. The third-order valence-electron chi connectivity index (χ3n) is 3.17. The van der Waals surface area contributed by atoms with E-state index < -0.39 is 0 Å². The molecule has 1 N–H and O–H groups in total. The van der Waals surface area contributed by atoms with Crippen LogP contribution in [-0.4, -0.2) is 54.9 Å². The van der Waals surface area contributed by atoms with Crippen molar-refractivity contribution in [3.8, 4) is 6.01 Å². The van der Waals surface area contributed by atoms with Gasteiger partial charge >= 0.3 is 6.01 Å². The molecule has 7 heteroatoms. The van der Waals surface area contributed by atoms with E-state index in [1.807, 2.05) is 14.0 Å². The lowest BCUT2D eigenvalue weighted by atomic mass is 10.1. The minimum Gasteiger partial charge on any atom is -0.467 e. The Morgan fingerprint density at radius 2 is 2.05 bits per heavy atom. The Morgan fingerprint density at radius 1 is 1.32 bits per heavy atom. The first-order valence-electron chi connectivity index (χ1n) is 6.59. The lowest BCUT2D eigenvalue weighted by Crippen LogP contribution is -2.37. The Labute approximate surface area is 113 Å². The van der Waals surface area contributed by atoms with E-state index in [0.29, 0.717) is 23.9 Å². The summed E-state index contributed by atoms with van der Waals surface area (Å²) in [7, 11) is 3.56. The molecule has 2 rings (SSSR count). The van der Waals surface area contributed by atoms with Crippen molar-refractivity contribution in [3.63, 3.8) is 0 Å². The van der Waals surface area contributed by atoms with E-state index >= 15 is 0 Å². The fourth-order valence-electron chi connectivity index (χ4n) is 2.07. The standard InChI is InChI=1S/C12H21N5O2/c1-4-13-10-14-11(16-12(15-10)18-3)17(2)9-5-7-19-8-6-9/h9H,4-8H2,1-3H3,(H,13,14,15,16). The van der Waals surface area contributed by atoms with Crippen molar-refractivity contribution in [2.24, 2.45) is 0 Å². The molecule has 0 aromatic carbocycles. The maximum Gasteiger partial charge on any atom is 0.322 e. The van der Waals surface area contributed by atoms with Gasteiger partial charge in [0.25, 0.3) is 0 Å². The fourth-order valence-corrected chi connectivity index (χ4v) is 2.07. The number of aromatic nitrogens is 3. The third kappa shape index (κ3) is 3.44. The molecule has 0 saturated carbocycles. The van der Waals surface area contributed by atoms with Gasteiger partial charge in [0, 0.05) is 32.8 Å². The summed E-state index contributed by atoms with van der Waals surface area (Å²) >= 11 is 0. The SMILES string of the molecule is CCNc1nc(OC)nc(N(C)C2CCOCC2)n1. The average Bonchev–Trinajstić information content (AvgIpc) is 2.47. The van der Waals surface area contributed by atoms with Crippen molar-refractivity contribution in [2.45, 2.75) is 25.8 Å². The highest BCUT2D eigenvalue weighted by molar-refractivity contribution is 5.38. The first-order valence-corrected chi connectivity index (χ1v) is 6.59. The zero-order valence-electron chi connectivity index (χ0n) is 11.7. The molecule has 1 aliphatic heterocycles. The first-order chi connectivity index (χ1) is 9.24. The molecule has 0 unspecified atom stereocenters. The second-order valence-corrected chi connectivity index (χ2v) is 4.43. The van der Waals surface area contributed by atoms with E-state index in [4.69, 9.17) is 9.47 Å². The molecule has 7 nitrogen and oxygen atoms in total. The van der Waals surface area contributed by atoms with Gasteiger partial charge in [-0.25, -0.2) is 0 Å². The van der Waals surface area contributed by atoms with Gasteiger partial charge in [-0.15, -0.1) is 0 Å². The zero-order chi connectivity index (χ0) is 13.7. The van der Waals surface area contributed by atoms with Gasteiger partial charge in [-0.05, 0) is 19.8 Å². The van der Waals surface area contributed by atoms with Crippen LogP contribution in [0.3, 0.4) is 0 Å². The predicted octanol–water partition coefficient (Wildman–Crippen LogP) is 0.927. The summed E-state index contributed by atoms with van der Waals surface area (Å²) in [6.07, 6.45) is 1.97. The number of anilines is 2. The Balaban J connectivity index is 2.18. The van der Waals surface area contributed by atoms with Gasteiger partial charge in [-0.1, -0.05) is 0 Å². The average molecular weight is 267 g/mol. The van der Waals surface area contributed by atoms with Crippen LogP contribution < -0.4 is 15.0 Å². The number of hydrogen-bond acceptors (Lipinski definition) is 7. The number of nitrogens with zero attached hydrogens (tertiary/aromatic N) is 4. The Kier molecular flexibility index (Phi) is 4.73. The van der Waals surface area contributed by atoms with Crippen LogP contribution in [0, 0.1) is 0 Å². The number of hydrogen-bond donors (Lipinski definition) is 1. The summed E-state index contributed by atoms with van der Waals surface area (Å²) in [5.74, 6) is 1.18.